The summed E-state index contributed by atoms with van der Waals surface area (Å²) in [6.45, 7) is 4.81. The summed E-state index contributed by atoms with van der Waals surface area (Å²) in [5.41, 5.74) is 2.46. The van der Waals surface area contributed by atoms with Crippen molar-refractivity contribution in [3.05, 3.63) is 77.6 Å². The first-order valence-corrected chi connectivity index (χ1v) is 11.3. The van der Waals surface area contributed by atoms with Crippen LogP contribution in [0.2, 0.25) is 0 Å². The van der Waals surface area contributed by atoms with Crippen LogP contribution in [0.3, 0.4) is 0 Å². The molecule has 0 saturated carbocycles. The van der Waals surface area contributed by atoms with Crippen molar-refractivity contribution in [2.24, 2.45) is 0 Å². The number of hydrogen-bond donors (Lipinski definition) is 2. The smallest absolute Gasteiger partial charge is 0.308 e. The molecule has 0 saturated heterocycles. The lowest BCUT2D eigenvalue weighted by Crippen LogP contribution is -2.16. The number of nitrogens with one attached hydrogen (secondary N) is 2. The van der Waals surface area contributed by atoms with Crippen LogP contribution in [0.1, 0.15) is 23.9 Å². The molecule has 2 N–H and O–H groups in total. The molecule has 1 aromatic heterocycles. The number of anilines is 2. The van der Waals surface area contributed by atoms with E-state index in [-0.39, 0.29) is 10.8 Å². The number of esters is 1. The molecule has 1 amide bonds. The van der Waals surface area contributed by atoms with Crippen LogP contribution in [0.5, 0.6) is 5.75 Å². The lowest BCUT2D eigenvalue weighted by molar-refractivity contribution is -0.131. The molecule has 2 aromatic carbocycles. The van der Waals surface area contributed by atoms with Gasteiger partial charge >= 0.3 is 5.97 Å². The molecular formula is C23H22N4O5S. The Labute approximate surface area is 191 Å². The molecule has 0 aliphatic carbocycles. The lowest BCUT2D eigenvalue weighted by Gasteiger charge is -2.09. The van der Waals surface area contributed by atoms with Gasteiger partial charge in [0.05, 0.1) is 4.90 Å². The van der Waals surface area contributed by atoms with Crippen LogP contribution in [0, 0.1) is 13.8 Å². The second kappa shape index (κ2) is 10.0. The van der Waals surface area contributed by atoms with E-state index in [1.807, 2.05) is 0 Å². The first kappa shape index (κ1) is 23.6. The van der Waals surface area contributed by atoms with Gasteiger partial charge in [0, 0.05) is 30.1 Å². The van der Waals surface area contributed by atoms with E-state index in [4.69, 9.17) is 4.74 Å². The number of hydrogen-bond acceptors (Lipinski definition) is 7. The van der Waals surface area contributed by atoms with Crippen molar-refractivity contribution in [1.82, 2.24) is 9.97 Å². The molecule has 3 rings (SSSR count). The van der Waals surface area contributed by atoms with Crippen molar-refractivity contribution in [2.75, 3.05) is 10.0 Å². The Morgan fingerprint density at radius 2 is 1.55 bits per heavy atom. The molecule has 0 atom stereocenters. The second-order valence-corrected chi connectivity index (χ2v) is 8.77. The zero-order valence-corrected chi connectivity index (χ0v) is 19.0. The summed E-state index contributed by atoms with van der Waals surface area (Å²) >= 11 is 0. The van der Waals surface area contributed by atoms with Crippen LogP contribution in [0.4, 0.5) is 11.6 Å². The molecule has 0 bridgehead atoms. The quantitative estimate of drug-likeness (QED) is 0.310. The van der Waals surface area contributed by atoms with Crippen molar-refractivity contribution in [1.29, 1.82) is 0 Å². The summed E-state index contributed by atoms with van der Waals surface area (Å²) in [6, 6.07) is 14.1. The molecule has 3 aromatic rings. The van der Waals surface area contributed by atoms with Gasteiger partial charge in [-0.25, -0.2) is 23.1 Å². The maximum atomic E-state index is 12.6. The largest absolute Gasteiger partial charge is 0.427 e. The van der Waals surface area contributed by atoms with Crippen LogP contribution in [-0.2, 0) is 19.6 Å². The minimum Gasteiger partial charge on any atom is -0.427 e. The highest BCUT2D eigenvalue weighted by Gasteiger charge is 2.16. The summed E-state index contributed by atoms with van der Waals surface area (Å²) in [6.07, 6.45) is 2.93. The molecule has 0 spiro atoms. The molecule has 170 valence electrons. The van der Waals surface area contributed by atoms with Crippen molar-refractivity contribution in [3.8, 4) is 5.75 Å². The minimum atomic E-state index is -3.88. The van der Waals surface area contributed by atoms with Gasteiger partial charge in [0.15, 0.2) is 0 Å². The molecule has 0 aliphatic rings. The Morgan fingerprint density at radius 3 is 2.12 bits per heavy atom. The van der Waals surface area contributed by atoms with E-state index in [2.05, 4.69) is 20.0 Å². The summed E-state index contributed by atoms with van der Waals surface area (Å²) in [7, 11) is -3.88. The number of carbonyl (C=O) groups is 2. The normalized spacial score (nSPS) is 11.2. The third-order valence-electron chi connectivity index (χ3n) is 4.21. The molecule has 0 unspecified atom stereocenters. The number of carbonyl (C=O) groups excluding carboxylic acids is 2. The van der Waals surface area contributed by atoms with E-state index in [1.165, 1.54) is 37.3 Å². The molecule has 10 heteroatoms. The van der Waals surface area contributed by atoms with Crippen LogP contribution < -0.4 is 14.8 Å². The number of benzene rings is 2. The lowest BCUT2D eigenvalue weighted by atomic mass is 10.2. The average Bonchev–Trinajstić information content (AvgIpc) is 2.72. The number of aryl methyl sites for hydroxylation is 2. The number of aromatic nitrogens is 2. The van der Waals surface area contributed by atoms with Gasteiger partial charge < -0.3 is 10.1 Å². The molecule has 1 heterocycles. The van der Waals surface area contributed by atoms with Crippen LogP contribution in [0.25, 0.3) is 6.08 Å². The van der Waals surface area contributed by atoms with Crippen LogP contribution in [-0.4, -0.2) is 30.3 Å². The van der Waals surface area contributed by atoms with Gasteiger partial charge in [-0.2, -0.15) is 0 Å². The Balaban J connectivity index is 1.62. The standard InChI is InChI=1S/C23H22N4O5S/c1-15-14-16(2)25-23(24-15)27-33(30,31)21-11-7-19(8-12-21)26-22(29)13-6-18-4-9-20(10-5-18)32-17(3)28/h4-14H,1-3H3,(H,26,29)(H,24,25,27)/b13-6+. The Morgan fingerprint density at radius 1 is 0.939 bits per heavy atom. The molecule has 0 radical (unpaired) electrons. The fourth-order valence-corrected chi connectivity index (χ4v) is 3.78. The Hall–Kier alpha value is -4.05. The highest BCUT2D eigenvalue weighted by molar-refractivity contribution is 7.92. The van der Waals surface area contributed by atoms with E-state index < -0.39 is 21.9 Å². The Bertz CT molecular complexity index is 1280. The molecule has 0 fully saturated rings. The number of nitrogens with zero attached hydrogens (tertiary/aromatic N) is 2. The van der Waals surface area contributed by atoms with Crippen LogP contribution in [0.15, 0.2) is 65.6 Å². The van der Waals surface area contributed by atoms with Gasteiger partial charge in [-0.1, -0.05) is 12.1 Å². The monoisotopic (exact) mass is 466 g/mol. The number of ether oxygens (including phenoxy) is 1. The SMILES string of the molecule is CC(=O)Oc1ccc(/C=C/C(=O)Nc2ccc(S(=O)(=O)Nc3nc(C)cc(C)n3)cc2)cc1. The summed E-state index contributed by atoms with van der Waals surface area (Å²) < 4.78 is 32.5. The zero-order chi connectivity index (χ0) is 24.0. The van der Waals surface area contributed by atoms with Gasteiger partial charge in [-0.05, 0) is 68.0 Å². The van der Waals surface area contributed by atoms with Crippen molar-refractivity contribution in [3.63, 3.8) is 0 Å². The predicted octanol–water partition coefficient (Wildman–Crippen LogP) is 3.47. The van der Waals surface area contributed by atoms with E-state index in [0.717, 1.165) is 5.56 Å². The van der Waals surface area contributed by atoms with Gasteiger partial charge in [0.2, 0.25) is 11.9 Å². The maximum Gasteiger partial charge on any atom is 0.308 e. The van der Waals surface area contributed by atoms with E-state index >= 15 is 0 Å². The van der Waals surface area contributed by atoms with Crippen molar-refractivity contribution in [2.45, 2.75) is 25.7 Å². The fraction of sp³-hybridized carbons (Fsp3) is 0.130. The number of rotatable bonds is 7. The van der Waals surface area contributed by atoms with Gasteiger partial charge in [-0.15, -0.1) is 0 Å². The summed E-state index contributed by atoms with van der Waals surface area (Å²) in [4.78, 5) is 31.3. The summed E-state index contributed by atoms with van der Waals surface area (Å²) in [5, 5.41) is 2.66. The van der Waals surface area contributed by atoms with Gasteiger partial charge in [-0.3, -0.25) is 9.59 Å². The third-order valence-corrected chi connectivity index (χ3v) is 5.55. The van der Waals surface area contributed by atoms with Gasteiger partial charge in [0.25, 0.3) is 10.0 Å². The maximum absolute atomic E-state index is 12.6. The minimum absolute atomic E-state index is 0.00379. The summed E-state index contributed by atoms with van der Waals surface area (Å²) in [5.74, 6) is -0.393. The highest BCUT2D eigenvalue weighted by atomic mass is 32.2. The second-order valence-electron chi connectivity index (χ2n) is 7.09. The first-order chi connectivity index (χ1) is 15.6. The first-order valence-electron chi connectivity index (χ1n) is 9.83. The van der Waals surface area contributed by atoms with E-state index in [1.54, 1.807) is 50.3 Å². The molecule has 9 nitrogen and oxygen atoms in total. The van der Waals surface area contributed by atoms with Crippen molar-refractivity contribution >= 4 is 39.6 Å². The third kappa shape index (κ3) is 6.97. The van der Waals surface area contributed by atoms with Gasteiger partial charge in [0.1, 0.15) is 5.75 Å². The molecule has 33 heavy (non-hydrogen) atoms. The fourth-order valence-electron chi connectivity index (χ4n) is 2.84. The van der Waals surface area contributed by atoms with E-state index in [9.17, 15) is 18.0 Å². The highest BCUT2D eigenvalue weighted by Crippen LogP contribution is 2.18. The van der Waals surface area contributed by atoms with E-state index in [0.29, 0.717) is 22.8 Å². The zero-order valence-electron chi connectivity index (χ0n) is 18.2. The number of amides is 1. The predicted molar refractivity (Wildman–Crippen MR) is 124 cm³/mol. The number of sulfonamides is 1. The molecular weight excluding hydrogens is 444 g/mol. The van der Waals surface area contributed by atoms with Crippen molar-refractivity contribution < 1.29 is 22.7 Å². The average molecular weight is 467 g/mol. The Kier molecular flexibility index (Phi) is 7.19. The molecule has 0 aliphatic heterocycles. The van der Waals surface area contributed by atoms with Crippen LogP contribution >= 0.6 is 0 Å². The topological polar surface area (TPSA) is 127 Å².